The molecule has 3 aromatic carbocycles. The predicted octanol–water partition coefficient (Wildman–Crippen LogP) is 6.07. The van der Waals surface area contributed by atoms with Gasteiger partial charge >= 0.3 is 0 Å². The van der Waals surface area contributed by atoms with Gasteiger partial charge in [-0.25, -0.2) is 4.39 Å². The molecule has 1 amide bonds. The molecule has 0 aromatic heterocycles. The maximum absolute atomic E-state index is 13.2. The first kappa shape index (κ1) is 18.2. The molecule has 0 aliphatic carbocycles. The largest absolute Gasteiger partial charge is 0.506 e. The van der Waals surface area contributed by atoms with Crippen LogP contribution in [0.15, 0.2) is 54.6 Å². The standard InChI is InChI=1S/C20H14Cl2FNO2/c1-11-8-15(23)6-7-18(11)24-20(26)17-10-14(22)9-16(19(17)25)12-2-4-13(21)5-3-12/h2-10,25H,1H3,(H,24,26). The molecule has 0 heterocycles. The lowest BCUT2D eigenvalue weighted by Gasteiger charge is -2.13. The Morgan fingerprint density at radius 3 is 2.35 bits per heavy atom. The number of benzene rings is 3. The van der Waals surface area contributed by atoms with Crippen molar-refractivity contribution in [1.82, 2.24) is 0 Å². The Morgan fingerprint density at radius 2 is 1.69 bits per heavy atom. The van der Waals surface area contributed by atoms with Gasteiger partial charge in [0.1, 0.15) is 11.6 Å². The summed E-state index contributed by atoms with van der Waals surface area (Å²) in [5, 5.41) is 14.1. The van der Waals surface area contributed by atoms with E-state index in [1.807, 2.05) is 0 Å². The molecule has 0 aliphatic heterocycles. The number of anilines is 1. The number of aryl methyl sites for hydroxylation is 1. The monoisotopic (exact) mass is 389 g/mol. The third kappa shape index (κ3) is 3.82. The summed E-state index contributed by atoms with van der Waals surface area (Å²) in [5.41, 5.74) is 2.12. The number of nitrogens with one attached hydrogen (secondary N) is 1. The highest BCUT2D eigenvalue weighted by molar-refractivity contribution is 6.32. The van der Waals surface area contributed by atoms with E-state index < -0.39 is 11.7 Å². The molecule has 3 aromatic rings. The van der Waals surface area contributed by atoms with Crippen LogP contribution in [0.3, 0.4) is 0 Å². The number of phenolic OH excluding ortho intramolecular Hbond substituents is 1. The summed E-state index contributed by atoms with van der Waals surface area (Å²) in [6.45, 7) is 1.68. The van der Waals surface area contributed by atoms with E-state index in [0.29, 0.717) is 32.4 Å². The first-order chi connectivity index (χ1) is 12.3. The van der Waals surface area contributed by atoms with Crippen LogP contribution in [-0.4, -0.2) is 11.0 Å². The van der Waals surface area contributed by atoms with Crippen LogP contribution >= 0.6 is 23.2 Å². The summed E-state index contributed by atoms with van der Waals surface area (Å²) in [6.07, 6.45) is 0. The summed E-state index contributed by atoms with van der Waals surface area (Å²) in [7, 11) is 0. The van der Waals surface area contributed by atoms with Crippen LogP contribution in [-0.2, 0) is 0 Å². The number of carbonyl (C=O) groups is 1. The Morgan fingerprint density at radius 1 is 1.00 bits per heavy atom. The topological polar surface area (TPSA) is 49.3 Å². The van der Waals surface area contributed by atoms with Crippen molar-refractivity contribution in [2.24, 2.45) is 0 Å². The third-order valence-corrected chi connectivity index (χ3v) is 4.38. The van der Waals surface area contributed by atoms with E-state index in [4.69, 9.17) is 23.2 Å². The molecule has 0 spiro atoms. The fourth-order valence-electron chi connectivity index (χ4n) is 2.58. The number of rotatable bonds is 3. The van der Waals surface area contributed by atoms with E-state index in [2.05, 4.69) is 5.32 Å². The molecule has 0 atom stereocenters. The lowest BCUT2D eigenvalue weighted by molar-refractivity contribution is 0.102. The van der Waals surface area contributed by atoms with Gasteiger partial charge in [0.2, 0.25) is 0 Å². The van der Waals surface area contributed by atoms with Gasteiger partial charge in [0.15, 0.2) is 0 Å². The normalized spacial score (nSPS) is 10.6. The second kappa shape index (κ2) is 7.36. The molecule has 6 heteroatoms. The third-order valence-electron chi connectivity index (χ3n) is 3.91. The quantitative estimate of drug-likeness (QED) is 0.571. The zero-order valence-electron chi connectivity index (χ0n) is 13.7. The molecule has 0 saturated carbocycles. The minimum absolute atomic E-state index is 0.0196. The molecule has 3 rings (SSSR count). The maximum Gasteiger partial charge on any atom is 0.259 e. The first-order valence-electron chi connectivity index (χ1n) is 7.71. The lowest BCUT2D eigenvalue weighted by Crippen LogP contribution is -2.13. The Kier molecular flexibility index (Phi) is 5.16. The zero-order chi connectivity index (χ0) is 18.8. The molecule has 2 N–H and O–H groups in total. The van der Waals surface area contributed by atoms with Gasteiger partial charge in [-0.2, -0.15) is 0 Å². The first-order valence-corrected chi connectivity index (χ1v) is 8.46. The van der Waals surface area contributed by atoms with Gasteiger partial charge in [0, 0.05) is 21.3 Å². The highest BCUT2D eigenvalue weighted by Crippen LogP contribution is 2.36. The van der Waals surface area contributed by atoms with Crippen molar-refractivity contribution in [3.8, 4) is 16.9 Å². The molecule has 0 unspecified atom stereocenters. The summed E-state index contributed by atoms with van der Waals surface area (Å²) >= 11 is 12.0. The number of aromatic hydroxyl groups is 1. The van der Waals surface area contributed by atoms with Crippen LogP contribution in [0.1, 0.15) is 15.9 Å². The van der Waals surface area contributed by atoms with E-state index in [-0.39, 0.29) is 11.3 Å². The van der Waals surface area contributed by atoms with Crippen LogP contribution in [0, 0.1) is 12.7 Å². The highest BCUT2D eigenvalue weighted by Gasteiger charge is 2.18. The van der Waals surface area contributed by atoms with Crippen molar-refractivity contribution in [3.05, 3.63) is 81.6 Å². The summed E-state index contributed by atoms with van der Waals surface area (Å²) in [6, 6.07) is 13.8. The van der Waals surface area contributed by atoms with Crippen molar-refractivity contribution in [2.45, 2.75) is 6.92 Å². The SMILES string of the molecule is Cc1cc(F)ccc1NC(=O)c1cc(Cl)cc(-c2ccc(Cl)cc2)c1O. The Hall–Kier alpha value is -2.56. The van der Waals surface area contributed by atoms with Crippen molar-refractivity contribution < 1.29 is 14.3 Å². The zero-order valence-corrected chi connectivity index (χ0v) is 15.2. The number of halogens is 3. The van der Waals surface area contributed by atoms with Crippen LogP contribution in [0.2, 0.25) is 10.0 Å². The molecule has 26 heavy (non-hydrogen) atoms. The molecular weight excluding hydrogens is 376 g/mol. The van der Waals surface area contributed by atoms with E-state index in [1.54, 1.807) is 37.3 Å². The van der Waals surface area contributed by atoms with Gasteiger partial charge in [0.25, 0.3) is 5.91 Å². The van der Waals surface area contributed by atoms with E-state index >= 15 is 0 Å². The van der Waals surface area contributed by atoms with Crippen LogP contribution in [0.4, 0.5) is 10.1 Å². The van der Waals surface area contributed by atoms with Gasteiger partial charge in [-0.3, -0.25) is 4.79 Å². The van der Waals surface area contributed by atoms with Crippen molar-refractivity contribution in [1.29, 1.82) is 0 Å². The van der Waals surface area contributed by atoms with Crippen LogP contribution in [0.25, 0.3) is 11.1 Å². The average Bonchev–Trinajstić information content (AvgIpc) is 2.60. The number of amides is 1. The van der Waals surface area contributed by atoms with Crippen molar-refractivity contribution in [2.75, 3.05) is 5.32 Å². The van der Waals surface area contributed by atoms with E-state index in [0.717, 1.165) is 0 Å². The number of hydrogen-bond acceptors (Lipinski definition) is 2. The average molecular weight is 390 g/mol. The summed E-state index contributed by atoms with van der Waals surface area (Å²) in [4.78, 5) is 12.6. The molecule has 0 aliphatic rings. The van der Waals surface area contributed by atoms with Gasteiger partial charge in [-0.15, -0.1) is 0 Å². The molecule has 3 nitrogen and oxygen atoms in total. The van der Waals surface area contributed by atoms with Crippen molar-refractivity contribution in [3.63, 3.8) is 0 Å². The smallest absolute Gasteiger partial charge is 0.259 e. The predicted molar refractivity (Wildman–Crippen MR) is 103 cm³/mol. The number of carbonyl (C=O) groups excluding carboxylic acids is 1. The fraction of sp³-hybridized carbons (Fsp3) is 0.0500. The highest BCUT2D eigenvalue weighted by atomic mass is 35.5. The van der Waals surface area contributed by atoms with Gasteiger partial charge in [0.05, 0.1) is 5.56 Å². The Bertz CT molecular complexity index is 988. The van der Waals surface area contributed by atoms with Crippen LogP contribution in [0.5, 0.6) is 5.75 Å². The van der Waals surface area contributed by atoms with E-state index in [9.17, 15) is 14.3 Å². The molecule has 132 valence electrons. The van der Waals surface area contributed by atoms with E-state index in [1.165, 1.54) is 24.3 Å². The molecular formula is C20H14Cl2FNO2. The summed E-state index contributed by atoms with van der Waals surface area (Å²) in [5.74, 6) is -1.14. The number of hydrogen-bond donors (Lipinski definition) is 2. The maximum atomic E-state index is 13.2. The van der Waals surface area contributed by atoms with Gasteiger partial charge in [-0.05, 0) is 60.5 Å². The molecule has 0 saturated heterocycles. The molecule has 0 fully saturated rings. The van der Waals surface area contributed by atoms with Gasteiger partial charge in [-0.1, -0.05) is 35.3 Å². The second-order valence-corrected chi connectivity index (χ2v) is 6.64. The Labute approximate surface area is 160 Å². The molecule has 0 radical (unpaired) electrons. The van der Waals surface area contributed by atoms with Crippen LogP contribution < -0.4 is 5.32 Å². The lowest BCUT2D eigenvalue weighted by atomic mass is 10.0. The number of phenols is 1. The fourth-order valence-corrected chi connectivity index (χ4v) is 2.92. The molecule has 0 bridgehead atoms. The minimum Gasteiger partial charge on any atom is -0.506 e. The van der Waals surface area contributed by atoms with Crippen molar-refractivity contribution >= 4 is 34.8 Å². The minimum atomic E-state index is -0.546. The van der Waals surface area contributed by atoms with Gasteiger partial charge < -0.3 is 10.4 Å². The summed E-state index contributed by atoms with van der Waals surface area (Å²) < 4.78 is 13.2. The second-order valence-electron chi connectivity index (χ2n) is 5.77. The Balaban J connectivity index is 1.99.